The normalized spacial score (nSPS) is 19.8. The van der Waals surface area contributed by atoms with Gasteiger partial charge >= 0.3 is 0 Å². The molecule has 7 nitrogen and oxygen atoms in total. The molecule has 0 spiro atoms. The van der Waals surface area contributed by atoms with Crippen LogP contribution in [0.2, 0.25) is 0 Å². The zero-order chi connectivity index (χ0) is 14.0. The van der Waals surface area contributed by atoms with Crippen LogP contribution in [0, 0.1) is 0 Å². The zero-order valence-corrected chi connectivity index (χ0v) is 9.66. The fourth-order valence-corrected chi connectivity index (χ4v) is 0.964. The van der Waals surface area contributed by atoms with Gasteiger partial charge in [-0.05, 0) is 12.2 Å². The molecule has 104 valence electrons. The largest absolute Gasteiger partial charge is 0.497 e. The van der Waals surface area contributed by atoms with Crippen LogP contribution < -0.4 is 0 Å². The Balaban J connectivity index is 0.000000397. The summed E-state index contributed by atoms with van der Waals surface area (Å²) in [4.78, 5) is 9.90. The molecule has 1 aliphatic rings. The van der Waals surface area contributed by atoms with E-state index < -0.39 is 31.0 Å². The van der Waals surface area contributed by atoms with Crippen molar-refractivity contribution in [1.29, 1.82) is 0 Å². The van der Waals surface area contributed by atoms with Crippen molar-refractivity contribution in [3.05, 3.63) is 24.5 Å². The molecule has 0 unspecified atom stereocenters. The zero-order valence-electron chi connectivity index (χ0n) is 9.66. The van der Waals surface area contributed by atoms with Crippen LogP contribution in [0.3, 0.4) is 0 Å². The highest BCUT2D eigenvalue weighted by Crippen LogP contribution is 2.02. The molecule has 1 rings (SSSR count). The topological polar surface area (TPSA) is 127 Å². The minimum absolute atomic E-state index is 0.0258. The van der Waals surface area contributed by atoms with Crippen LogP contribution in [-0.2, 0) is 9.53 Å². The lowest BCUT2D eigenvalue weighted by molar-refractivity contribution is -0.136. The maximum Gasteiger partial charge on any atom is 0.151 e. The van der Waals surface area contributed by atoms with Crippen molar-refractivity contribution in [1.82, 2.24) is 0 Å². The summed E-state index contributed by atoms with van der Waals surface area (Å²) in [5.74, 6) is 0. The molecule has 1 aliphatic heterocycles. The predicted octanol–water partition coefficient (Wildman–Crippen LogP) is -2.29. The number of aliphatic hydroxyl groups excluding tert-OH is 5. The van der Waals surface area contributed by atoms with Gasteiger partial charge < -0.3 is 35.1 Å². The van der Waals surface area contributed by atoms with Gasteiger partial charge in [0.25, 0.3) is 0 Å². The number of allylic oxidation sites excluding steroid dienone is 2. The Hall–Kier alpha value is -1.25. The second-order valence-corrected chi connectivity index (χ2v) is 3.45. The summed E-state index contributed by atoms with van der Waals surface area (Å²) in [5.41, 5.74) is 0. The van der Waals surface area contributed by atoms with Gasteiger partial charge in [0.05, 0.1) is 12.9 Å². The molecule has 4 atom stereocenters. The summed E-state index contributed by atoms with van der Waals surface area (Å²) in [7, 11) is 0. The average Bonchev–Trinajstić information content (AvgIpc) is 2.46. The lowest BCUT2D eigenvalue weighted by Gasteiger charge is -2.22. The van der Waals surface area contributed by atoms with Crippen molar-refractivity contribution in [3.8, 4) is 0 Å². The first kappa shape index (κ1) is 16.8. The van der Waals surface area contributed by atoms with Crippen molar-refractivity contribution in [2.45, 2.75) is 24.4 Å². The first-order valence-electron chi connectivity index (χ1n) is 5.26. The van der Waals surface area contributed by atoms with Crippen molar-refractivity contribution in [2.75, 3.05) is 13.2 Å². The molecule has 0 aliphatic carbocycles. The van der Waals surface area contributed by atoms with Crippen LogP contribution in [0.1, 0.15) is 0 Å². The third kappa shape index (κ3) is 6.48. The number of rotatable bonds is 5. The van der Waals surface area contributed by atoms with Gasteiger partial charge in [0.15, 0.2) is 6.29 Å². The van der Waals surface area contributed by atoms with Gasteiger partial charge in [0.1, 0.15) is 31.0 Å². The second kappa shape index (κ2) is 9.75. The minimum Gasteiger partial charge on any atom is -0.497 e. The molecule has 0 aromatic heterocycles. The molecule has 0 radical (unpaired) electrons. The van der Waals surface area contributed by atoms with E-state index >= 15 is 0 Å². The van der Waals surface area contributed by atoms with Gasteiger partial charge in [-0.3, -0.25) is 0 Å². The highest BCUT2D eigenvalue weighted by atomic mass is 16.5. The molecule has 0 bridgehead atoms. The first-order chi connectivity index (χ1) is 8.54. The van der Waals surface area contributed by atoms with E-state index in [-0.39, 0.29) is 6.29 Å². The Labute approximate surface area is 104 Å². The monoisotopic (exact) mass is 262 g/mol. The summed E-state index contributed by atoms with van der Waals surface area (Å²) in [6, 6.07) is 0. The molecule has 18 heavy (non-hydrogen) atoms. The molecular formula is C11H18O7. The molecule has 0 fully saturated rings. The van der Waals surface area contributed by atoms with Crippen molar-refractivity contribution < 1.29 is 35.1 Å². The van der Waals surface area contributed by atoms with E-state index in [1.807, 2.05) is 18.2 Å². The number of aldehydes is 1. The van der Waals surface area contributed by atoms with Gasteiger partial charge in [-0.25, -0.2) is 0 Å². The molecule has 7 heteroatoms. The highest BCUT2D eigenvalue weighted by molar-refractivity contribution is 5.56. The molecule has 5 N–H and O–H groups in total. The molecule has 0 saturated heterocycles. The van der Waals surface area contributed by atoms with E-state index in [1.165, 1.54) is 0 Å². The molecule has 0 aromatic rings. The summed E-state index contributed by atoms with van der Waals surface area (Å²) in [5, 5.41) is 43.5. The second-order valence-electron chi connectivity index (χ2n) is 3.45. The van der Waals surface area contributed by atoms with E-state index in [9.17, 15) is 4.79 Å². The molecule has 0 amide bonds. The summed E-state index contributed by atoms with van der Waals surface area (Å²) in [6.45, 7) is -0.0275. The van der Waals surface area contributed by atoms with E-state index in [0.29, 0.717) is 0 Å². The number of hydrogen-bond acceptors (Lipinski definition) is 7. The number of carbonyl (C=O) groups excluding carboxylic acids is 1. The molecular weight excluding hydrogens is 244 g/mol. The predicted molar refractivity (Wildman–Crippen MR) is 61.4 cm³/mol. The average molecular weight is 262 g/mol. The smallest absolute Gasteiger partial charge is 0.151 e. The summed E-state index contributed by atoms with van der Waals surface area (Å²) >= 11 is 0. The number of hydrogen-bond donors (Lipinski definition) is 5. The maximum absolute atomic E-state index is 9.90. The van der Waals surface area contributed by atoms with Crippen molar-refractivity contribution in [3.63, 3.8) is 0 Å². The third-order valence-electron chi connectivity index (χ3n) is 2.03. The van der Waals surface area contributed by atoms with Crippen molar-refractivity contribution in [2.24, 2.45) is 0 Å². The standard InChI is InChI=1S/C6H12O6.C5H6O/c7-1-3(9)5(11)6(12)4(10)2-8;1-2-4-6-5-3-1/h1,3-6,8-12H,2H2;1-4H,5H2/t3-,4+,5+,6-;/m0./s1. The fourth-order valence-electron chi connectivity index (χ4n) is 0.964. The lowest BCUT2D eigenvalue weighted by atomic mass is 10.0. The summed E-state index contributed by atoms with van der Waals surface area (Å²) in [6.07, 6.45) is 0.626. The Bertz CT molecular complexity index is 265. The van der Waals surface area contributed by atoms with Crippen LogP contribution in [0.4, 0.5) is 0 Å². The van der Waals surface area contributed by atoms with Gasteiger partial charge in [-0.2, -0.15) is 0 Å². The minimum atomic E-state index is -1.79. The van der Waals surface area contributed by atoms with Gasteiger partial charge in [-0.15, -0.1) is 0 Å². The van der Waals surface area contributed by atoms with E-state index in [0.717, 1.165) is 6.61 Å². The number of carbonyl (C=O) groups is 1. The van der Waals surface area contributed by atoms with Crippen LogP contribution in [-0.4, -0.2) is 69.4 Å². The Morgan fingerprint density at radius 1 is 1.17 bits per heavy atom. The molecule has 0 saturated carbocycles. The van der Waals surface area contributed by atoms with E-state index in [1.54, 1.807) is 6.26 Å². The van der Waals surface area contributed by atoms with Crippen LogP contribution in [0.25, 0.3) is 0 Å². The maximum atomic E-state index is 9.90. The Kier molecular flexibility index (Phi) is 9.07. The van der Waals surface area contributed by atoms with Crippen LogP contribution in [0.5, 0.6) is 0 Å². The van der Waals surface area contributed by atoms with Crippen LogP contribution >= 0.6 is 0 Å². The number of aliphatic hydroxyl groups is 5. The quantitative estimate of drug-likeness (QED) is 0.353. The molecule has 0 aromatic carbocycles. The lowest BCUT2D eigenvalue weighted by Crippen LogP contribution is -2.46. The van der Waals surface area contributed by atoms with Gasteiger partial charge in [0.2, 0.25) is 0 Å². The van der Waals surface area contributed by atoms with Crippen molar-refractivity contribution >= 4 is 6.29 Å². The highest BCUT2D eigenvalue weighted by Gasteiger charge is 2.29. The van der Waals surface area contributed by atoms with E-state index in [2.05, 4.69) is 0 Å². The van der Waals surface area contributed by atoms with Gasteiger partial charge in [-0.1, -0.05) is 6.08 Å². The molecule has 1 heterocycles. The fraction of sp³-hybridized carbons (Fsp3) is 0.545. The number of ether oxygens (including phenoxy) is 1. The Morgan fingerprint density at radius 2 is 1.83 bits per heavy atom. The van der Waals surface area contributed by atoms with Gasteiger partial charge in [0, 0.05) is 0 Å². The third-order valence-corrected chi connectivity index (χ3v) is 2.03. The van der Waals surface area contributed by atoms with E-state index in [4.69, 9.17) is 30.3 Å². The Morgan fingerprint density at radius 3 is 2.11 bits per heavy atom. The van der Waals surface area contributed by atoms with Crippen LogP contribution in [0.15, 0.2) is 24.5 Å². The first-order valence-corrected chi connectivity index (χ1v) is 5.26. The summed E-state index contributed by atoms with van der Waals surface area (Å²) < 4.78 is 4.80. The SMILES string of the molecule is C1=CCOC=C1.O=C[C@H](O)[C@@H](O)[C@@H](O)[C@H](O)CO.